The van der Waals surface area contributed by atoms with Crippen LogP contribution in [0.25, 0.3) is 45.8 Å². The minimum Gasteiger partial charge on any atom is -0.480 e. The maximum absolute atomic E-state index is 12.8. The van der Waals surface area contributed by atoms with Crippen LogP contribution in [0, 0.1) is 39.0 Å². The predicted octanol–water partition coefficient (Wildman–Crippen LogP) is 11.8. The molecule has 0 aliphatic carbocycles. The molecule has 0 fully saturated rings. The molecule has 6 nitrogen and oxygen atoms in total. The van der Waals surface area contributed by atoms with E-state index in [2.05, 4.69) is 105 Å². The molecule has 6 rings (SSSR count). The Morgan fingerprint density at radius 2 is 1.25 bits per heavy atom. The number of rotatable bonds is 13. The van der Waals surface area contributed by atoms with Crippen LogP contribution in [0.1, 0.15) is 40.5 Å². The van der Waals surface area contributed by atoms with Gasteiger partial charge in [-0.3, -0.25) is 9.59 Å². The molecule has 4 heterocycles. The van der Waals surface area contributed by atoms with E-state index in [-0.39, 0.29) is 13.0 Å². The minimum atomic E-state index is -1.11. The third-order valence-electron chi connectivity index (χ3n) is 8.74. The molecule has 0 aliphatic heterocycles. The molecule has 0 radical (unpaired) electrons. The van der Waals surface area contributed by atoms with E-state index >= 15 is 0 Å². The van der Waals surface area contributed by atoms with Crippen molar-refractivity contribution in [1.29, 1.82) is 5.26 Å². The number of nitriles is 1. The van der Waals surface area contributed by atoms with E-state index < -0.39 is 18.4 Å². The van der Waals surface area contributed by atoms with Gasteiger partial charge in [0.25, 0.3) is 0 Å². The van der Waals surface area contributed by atoms with Crippen molar-refractivity contribution in [2.75, 3.05) is 24.5 Å². The normalized spacial score (nSPS) is 11.2. The Morgan fingerprint density at radius 1 is 0.731 bits per heavy atom. The highest BCUT2D eigenvalue weighted by Gasteiger charge is 2.20. The van der Waals surface area contributed by atoms with E-state index in [0.29, 0.717) is 0 Å². The van der Waals surface area contributed by atoms with Crippen molar-refractivity contribution in [3.8, 4) is 45.8 Å². The summed E-state index contributed by atoms with van der Waals surface area (Å²) in [7, 11) is 0. The summed E-state index contributed by atoms with van der Waals surface area (Å²) in [6, 6.07) is 30.4. The predicted molar refractivity (Wildman–Crippen MR) is 221 cm³/mol. The van der Waals surface area contributed by atoms with E-state index in [0.717, 1.165) is 21.9 Å². The first-order chi connectivity index (χ1) is 25.1. The number of carbonyl (C=O) groups is 2. The molecule has 6 aromatic rings. The van der Waals surface area contributed by atoms with Gasteiger partial charge in [-0.1, -0.05) is 30.3 Å². The second kappa shape index (κ2) is 16.3. The van der Waals surface area contributed by atoms with Crippen LogP contribution >= 0.6 is 45.3 Å². The third kappa shape index (κ3) is 8.14. The van der Waals surface area contributed by atoms with Gasteiger partial charge in [-0.15, -0.1) is 45.3 Å². The molecule has 264 valence electrons. The lowest BCUT2D eigenvalue weighted by molar-refractivity contribution is -0.142. The lowest BCUT2D eigenvalue weighted by Gasteiger charge is -2.23. The number of carbonyl (C=O) groups excluding carboxylic acids is 1. The summed E-state index contributed by atoms with van der Waals surface area (Å²) in [4.78, 5) is 37.2. The van der Waals surface area contributed by atoms with Crippen molar-refractivity contribution in [2.24, 2.45) is 0 Å². The number of amides is 1. The van der Waals surface area contributed by atoms with Gasteiger partial charge in [0.1, 0.15) is 6.54 Å². The zero-order valence-electron chi connectivity index (χ0n) is 29.7. The van der Waals surface area contributed by atoms with E-state index in [9.17, 15) is 14.7 Å². The molecule has 0 aliphatic rings. The largest absolute Gasteiger partial charge is 0.480 e. The second-order valence-electron chi connectivity index (χ2n) is 12.5. The van der Waals surface area contributed by atoms with E-state index in [4.69, 9.17) is 5.26 Å². The standard InChI is InChI=1S/C42H39N3O3S4/c1-6-45(31-11-8-7-9-12-31)32-15-13-30(14-16-32)34-22-27(3)41(50-34)36-24-29(5)42(52-36)37-23-28(4)40(51-37)35-21-26(2)33(49-35)17-18-38(46)44(20-10-19-43)25-39(47)48/h7-9,11-18,21-24H,6,10,20,25H2,1-5H3,(H,47,48)/b18-17+. The number of hydrogen-bond donors (Lipinski definition) is 1. The molecule has 1 N–H and O–H groups in total. The summed E-state index contributed by atoms with van der Waals surface area (Å²) in [5, 5.41) is 18.1. The smallest absolute Gasteiger partial charge is 0.323 e. The van der Waals surface area contributed by atoms with Crippen molar-refractivity contribution in [3.63, 3.8) is 0 Å². The van der Waals surface area contributed by atoms with Crippen LogP contribution in [0.15, 0.2) is 84.9 Å². The number of carboxylic acids is 1. The fourth-order valence-corrected chi connectivity index (χ4v) is 11.2. The monoisotopic (exact) mass is 761 g/mol. The molecule has 52 heavy (non-hydrogen) atoms. The first kappa shape index (κ1) is 37.0. The number of thiophene rings is 4. The summed E-state index contributed by atoms with van der Waals surface area (Å²) in [5.74, 6) is -1.52. The number of aliphatic carboxylic acids is 1. The van der Waals surface area contributed by atoms with E-state index in [1.165, 1.54) is 73.9 Å². The summed E-state index contributed by atoms with van der Waals surface area (Å²) < 4.78 is 0. The Kier molecular flexibility index (Phi) is 11.6. The maximum atomic E-state index is 12.8. The molecule has 0 saturated carbocycles. The lowest BCUT2D eigenvalue weighted by atomic mass is 10.1. The van der Waals surface area contributed by atoms with Gasteiger partial charge in [0, 0.05) is 69.6 Å². The highest BCUT2D eigenvalue weighted by molar-refractivity contribution is 7.29. The summed E-state index contributed by atoms with van der Waals surface area (Å²) >= 11 is 7.11. The van der Waals surface area contributed by atoms with E-state index in [1.54, 1.807) is 28.7 Å². The average Bonchev–Trinajstić information content (AvgIpc) is 3.91. The van der Waals surface area contributed by atoms with Gasteiger partial charge in [0.2, 0.25) is 5.91 Å². The zero-order chi connectivity index (χ0) is 36.9. The Bertz CT molecular complexity index is 2280. The number of hydrogen-bond acceptors (Lipinski definition) is 8. The van der Waals surface area contributed by atoms with Gasteiger partial charge in [0.05, 0.1) is 12.5 Å². The highest BCUT2D eigenvalue weighted by Crippen LogP contribution is 2.48. The van der Waals surface area contributed by atoms with Crippen molar-refractivity contribution < 1.29 is 14.7 Å². The Balaban J connectivity index is 1.21. The van der Waals surface area contributed by atoms with Crippen LogP contribution in [-0.2, 0) is 9.59 Å². The molecule has 10 heteroatoms. The number of para-hydroxylation sites is 1. The lowest BCUT2D eigenvalue weighted by Crippen LogP contribution is -2.35. The summed E-state index contributed by atoms with van der Waals surface area (Å²) in [5.41, 5.74) is 8.40. The fraction of sp³-hybridized carbons (Fsp3) is 0.214. The first-order valence-corrected chi connectivity index (χ1v) is 20.2. The van der Waals surface area contributed by atoms with Gasteiger partial charge < -0.3 is 14.9 Å². The molecular weight excluding hydrogens is 723 g/mol. The molecular formula is C42H39N3O3S4. The van der Waals surface area contributed by atoms with Crippen LogP contribution in [0.4, 0.5) is 11.4 Å². The van der Waals surface area contributed by atoms with Gasteiger partial charge in [-0.05, 0) is 117 Å². The number of carboxylic acid groups (broad SMARTS) is 1. The highest BCUT2D eigenvalue weighted by atomic mass is 32.1. The zero-order valence-corrected chi connectivity index (χ0v) is 33.0. The molecule has 0 bridgehead atoms. The summed E-state index contributed by atoms with van der Waals surface area (Å²) in [6.07, 6.45) is 3.24. The van der Waals surface area contributed by atoms with Crippen molar-refractivity contribution >= 4 is 74.7 Å². The Labute approximate surface area is 321 Å². The number of anilines is 2. The number of benzene rings is 2. The fourth-order valence-electron chi connectivity index (χ4n) is 6.12. The number of nitrogens with zero attached hydrogens (tertiary/aromatic N) is 3. The molecule has 2 aromatic carbocycles. The molecule has 0 atom stereocenters. The van der Waals surface area contributed by atoms with Crippen molar-refractivity contribution in [1.82, 2.24) is 4.90 Å². The van der Waals surface area contributed by atoms with Gasteiger partial charge in [-0.2, -0.15) is 5.26 Å². The topological polar surface area (TPSA) is 84.6 Å². The van der Waals surface area contributed by atoms with Gasteiger partial charge in [0.15, 0.2) is 0 Å². The maximum Gasteiger partial charge on any atom is 0.323 e. The van der Waals surface area contributed by atoms with Gasteiger partial charge in [-0.25, -0.2) is 0 Å². The van der Waals surface area contributed by atoms with Crippen LogP contribution in [0.3, 0.4) is 0 Å². The Morgan fingerprint density at radius 3 is 1.81 bits per heavy atom. The number of aryl methyl sites for hydroxylation is 4. The van der Waals surface area contributed by atoms with Crippen LogP contribution in [0.5, 0.6) is 0 Å². The SMILES string of the molecule is CCN(c1ccccc1)c1ccc(-c2cc(C)c(-c3cc(C)c(-c4cc(C)c(-c5cc(C)c(/C=C/C(=O)N(CCC#N)CC(=O)O)s5)s4)s3)s2)cc1. The molecule has 0 saturated heterocycles. The minimum absolute atomic E-state index is 0.0797. The first-order valence-electron chi connectivity index (χ1n) is 17.0. The van der Waals surface area contributed by atoms with Crippen LogP contribution in [-0.4, -0.2) is 41.5 Å². The van der Waals surface area contributed by atoms with E-state index in [1.807, 2.05) is 41.7 Å². The summed E-state index contributed by atoms with van der Waals surface area (Å²) in [6.45, 7) is 11.3. The quantitative estimate of drug-likeness (QED) is 0.118. The van der Waals surface area contributed by atoms with Gasteiger partial charge >= 0.3 is 5.97 Å². The molecule has 0 unspecified atom stereocenters. The third-order valence-corrected chi connectivity index (χ3v) is 14.2. The molecule has 4 aromatic heterocycles. The van der Waals surface area contributed by atoms with Crippen LogP contribution in [0.2, 0.25) is 0 Å². The van der Waals surface area contributed by atoms with Crippen molar-refractivity contribution in [3.05, 3.63) is 112 Å². The van der Waals surface area contributed by atoms with Crippen LogP contribution < -0.4 is 4.90 Å². The van der Waals surface area contributed by atoms with Crippen molar-refractivity contribution in [2.45, 2.75) is 41.0 Å². The second-order valence-corrected chi connectivity index (χ2v) is 16.8. The average molecular weight is 762 g/mol. The molecule has 1 amide bonds. The molecule has 0 spiro atoms. The Hall–Kier alpha value is -4.79.